The average molecular weight is 287 g/mol. The molecule has 0 radical (unpaired) electrons. The molecule has 0 amide bonds. The lowest BCUT2D eigenvalue weighted by Gasteiger charge is -2.29. The van der Waals surface area contributed by atoms with Gasteiger partial charge in [-0.25, -0.2) is 0 Å². The highest BCUT2D eigenvalue weighted by atomic mass is 35.5. The van der Waals surface area contributed by atoms with E-state index in [1.165, 1.54) is 29.5 Å². The summed E-state index contributed by atoms with van der Waals surface area (Å²) in [6, 6.07) is 16.8. The molecule has 0 fully saturated rings. The van der Waals surface area contributed by atoms with E-state index in [1.54, 1.807) is 7.11 Å². The van der Waals surface area contributed by atoms with Crippen LogP contribution in [0.3, 0.4) is 0 Å². The van der Waals surface area contributed by atoms with Gasteiger partial charge in [0.1, 0.15) is 5.75 Å². The summed E-state index contributed by atoms with van der Waals surface area (Å²) >= 11 is 6.77. The highest BCUT2D eigenvalue weighted by molar-refractivity contribution is 6.21. The normalized spacial score (nSPS) is 19.2. The van der Waals surface area contributed by atoms with Crippen LogP contribution in [0.25, 0.3) is 0 Å². The Bertz CT molecular complexity index is 576. The van der Waals surface area contributed by atoms with Gasteiger partial charge in [0.05, 0.1) is 12.5 Å². The van der Waals surface area contributed by atoms with Crippen molar-refractivity contribution in [3.05, 3.63) is 65.2 Å². The van der Waals surface area contributed by atoms with Crippen molar-refractivity contribution in [3.8, 4) is 5.75 Å². The number of methoxy groups -OCH3 is 1. The number of fused-ring (bicyclic) bond motifs is 1. The van der Waals surface area contributed by atoms with Crippen LogP contribution in [0.15, 0.2) is 48.5 Å². The van der Waals surface area contributed by atoms with Crippen molar-refractivity contribution in [1.29, 1.82) is 0 Å². The second-order valence-electron chi connectivity index (χ2n) is 5.37. The van der Waals surface area contributed by atoms with Crippen molar-refractivity contribution in [2.45, 2.75) is 30.6 Å². The Kier molecular flexibility index (Phi) is 3.98. The number of hydrogen-bond acceptors (Lipinski definition) is 1. The van der Waals surface area contributed by atoms with Crippen LogP contribution < -0.4 is 4.74 Å². The number of alkyl halides is 1. The number of benzene rings is 2. The van der Waals surface area contributed by atoms with Crippen molar-refractivity contribution < 1.29 is 4.74 Å². The predicted molar refractivity (Wildman–Crippen MR) is 83.7 cm³/mol. The summed E-state index contributed by atoms with van der Waals surface area (Å²) in [5.74, 6) is 1.29. The third-order valence-electron chi connectivity index (χ3n) is 4.20. The zero-order valence-corrected chi connectivity index (χ0v) is 12.4. The minimum Gasteiger partial charge on any atom is -0.497 e. The Morgan fingerprint density at radius 2 is 1.85 bits per heavy atom. The minimum atomic E-state index is 0.0300. The van der Waals surface area contributed by atoms with E-state index in [2.05, 4.69) is 36.4 Å². The summed E-state index contributed by atoms with van der Waals surface area (Å²) in [4.78, 5) is 0. The molecule has 1 aliphatic carbocycles. The van der Waals surface area contributed by atoms with Crippen molar-refractivity contribution in [2.75, 3.05) is 7.11 Å². The molecule has 0 saturated carbocycles. The van der Waals surface area contributed by atoms with Gasteiger partial charge in [-0.3, -0.25) is 0 Å². The van der Waals surface area contributed by atoms with Gasteiger partial charge in [-0.15, -0.1) is 11.6 Å². The average Bonchev–Trinajstić information content (AvgIpc) is 2.54. The van der Waals surface area contributed by atoms with E-state index < -0.39 is 0 Å². The molecule has 2 unspecified atom stereocenters. The van der Waals surface area contributed by atoms with Gasteiger partial charge in [-0.1, -0.05) is 36.4 Å². The summed E-state index contributed by atoms with van der Waals surface area (Å²) in [5, 5.41) is 0.0300. The molecule has 0 bridgehead atoms. The topological polar surface area (TPSA) is 9.23 Å². The third-order valence-corrected chi connectivity index (χ3v) is 4.76. The molecule has 0 aromatic heterocycles. The van der Waals surface area contributed by atoms with Gasteiger partial charge in [-0.05, 0) is 48.1 Å². The maximum absolute atomic E-state index is 6.77. The van der Waals surface area contributed by atoms with E-state index in [-0.39, 0.29) is 5.38 Å². The standard InChI is InChI=1S/C18H19ClO/c1-20-15-11-9-14(10-12-15)18(19)17-8-4-6-13-5-2-3-7-16(13)17/h2-3,5,7,9-12,17-18H,4,6,8H2,1H3. The molecule has 1 nitrogen and oxygen atoms in total. The molecule has 2 aromatic carbocycles. The number of ether oxygens (including phenoxy) is 1. The molecule has 0 N–H and O–H groups in total. The van der Waals surface area contributed by atoms with E-state index in [1.807, 2.05) is 12.1 Å². The summed E-state index contributed by atoms with van der Waals surface area (Å²) in [7, 11) is 1.69. The first-order chi connectivity index (χ1) is 9.79. The molecule has 0 heterocycles. The lowest BCUT2D eigenvalue weighted by Crippen LogP contribution is -2.14. The SMILES string of the molecule is COc1ccc(C(Cl)C2CCCc3ccccc32)cc1. The lowest BCUT2D eigenvalue weighted by atomic mass is 9.79. The molecule has 0 aliphatic heterocycles. The van der Waals surface area contributed by atoms with Crippen molar-refractivity contribution in [3.63, 3.8) is 0 Å². The van der Waals surface area contributed by atoms with E-state index in [0.29, 0.717) is 5.92 Å². The van der Waals surface area contributed by atoms with E-state index in [4.69, 9.17) is 16.3 Å². The Morgan fingerprint density at radius 1 is 1.10 bits per heavy atom. The molecule has 1 aliphatic rings. The zero-order valence-electron chi connectivity index (χ0n) is 11.7. The maximum atomic E-state index is 6.77. The smallest absolute Gasteiger partial charge is 0.118 e. The predicted octanol–water partition coefficient (Wildman–Crippen LogP) is 5.10. The highest BCUT2D eigenvalue weighted by Gasteiger charge is 2.27. The van der Waals surface area contributed by atoms with Gasteiger partial charge in [0.2, 0.25) is 0 Å². The van der Waals surface area contributed by atoms with Crippen LogP contribution in [0.5, 0.6) is 5.75 Å². The van der Waals surface area contributed by atoms with Crippen LogP contribution >= 0.6 is 11.6 Å². The largest absolute Gasteiger partial charge is 0.497 e. The van der Waals surface area contributed by atoms with Gasteiger partial charge in [0.15, 0.2) is 0 Å². The molecular formula is C18H19ClO. The minimum absolute atomic E-state index is 0.0300. The van der Waals surface area contributed by atoms with Crippen LogP contribution in [0.4, 0.5) is 0 Å². The van der Waals surface area contributed by atoms with E-state index in [9.17, 15) is 0 Å². The molecule has 104 valence electrons. The summed E-state index contributed by atoms with van der Waals surface area (Å²) in [6.07, 6.45) is 3.57. The maximum Gasteiger partial charge on any atom is 0.118 e. The first kappa shape index (κ1) is 13.5. The van der Waals surface area contributed by atoms with Crippen molar-refractivity contribution in [2.24, 2.45) is 0 Å². The fourth-order valence-electron chi connectivity index (χ4n) is 3.12. The molecule has 20 heavy (non-hydrogen) atoms. The molecule has 0 saturated heterocycles. The number of aryl methyl sites for hydroxylation is 1. The van der Waals surface area contributed by atoms with Crippen LogP contribution in [-0.2, 0) is 6.42 Å². The quantitative estimate of drug-likeness (QED) is 0.714. The fraction of sp³-hybridized carbons (Fsp3) is 0.333. The molecule has 2 heteroatoms. The van der Waals surface area contributed by atoms with Crippen LogP contribution in [0.1, 0.15) is 40.8 Å². The lowest BCUT2D eigenvalue weighted by molar-refractivity contribution is 0.414. The first-order valence-electron chi connectivity index (χ1n) is 7.15. The van der Waals surface area contributed by atoms with Gasteiger partial charge < -0.3 is 4.74 Å². The third kappa shape index (κ3) is 2.55. The van der Waals surface area contributed by atoms with Crippen LogP contribution in [0.2, 0.25) is 0 Å². The Hall–Kier alpha value is -1.47. The number of hydrogen-bond donors (Lipinski definition) is 0. The van der Waals surface area contributed by atoms with Crippen molar-refractivity contribution >= 4 is 11.6 Å². The number of rotatable bonds is 3. The Labute approximate surface area is 125 Å². The highest BCUT2D eigenvalue weighted by Crippen LogP contribution is 2.43. The summed E-state index contributed by atoms with van der Waals surface area (Å²) in [5.41, 5.74) is 4.06. The van der Waals surface area contributed by atoms with Crippen molar-refractivity contribution in [1.82, 2.24) is 0 Å². The fourth-order valence-corrected chi connectivity index (χ4v) is 3.52. The number of halogens is 1. The molecule has 3 rings (SSSR count). The molecule has 2 atom stereocenters. The van der Waals surface area contributed by atoms with Crippen LogP contribution in [0, 0.1) is 0 Å². The second kappa shape index (κ2) is 5.88. The van der Waals surface area contributed by atoms with Gasteiger partial charge in [0.25, 0.3) is 0 Å². The monoisotopic (exact) mass is 286 g/mol. The summed E-state index contributed by atoms with van der Waals surface area (Å²) < 4.78 is 5.21. The van der Waals surface area contributed by atoms with Gasteiger partial charge in [-0.2, -0.15) is 0 Å². The second-order valence-corrected chi connectivity index (χ2v) is 5.84. The van der Waals surface area contributed by atoms with Gasteiger partial charge >= 0.3 is 0 Å². The van der Waals surface area contributed by atoms with E-state index >= 15 is 0 Å². The molecule has 0 spiro atoms. The van der Waals surface area contributed by atoms with Crippen LogP contribution in [-0.4, -0.2) is 7.11 Å². The zero-order chi connectivity index (χ0) is 13.9. The molecule has 2 aromatic rings. The van der Waals surface area contributed by atoms with Gasteiger partial charge in [0, 0.05) is 5.92 Å². The Morgan fingerprint density at radius 3 is 2.60 bits per heavy atom. The molecular weight excluding hydrogens is 268 g/mol. The van der Waals surface area contributed by atoms with E-state index in [0.717, 1.165) is 12.2 Å². The summed E-state index contributed by atoms with van der Waals surface area (Å²) in [6.45, 7) is 0. The Balaban J connectivity index is 1.89. The first-order valence-corrected chi connectivity index (χ1v) is 7.59.